The van der Waals surface area contributed by atoms with Crippen LogP contribution in [0.5, 0.6) is 0 Å². The van der Waals surface area contributed by atoms with Crippen LogP contribution in [0.4, 0.5) is 4.39 Å². The summed E-state index contributed by atoms with van der Waals surface area (Å²) in [4.78, 5) is 11.6. The molecule has 0 atom stereocenters. The maximum absolute atomic E-state index is 12.7. The van der Waals surface area contributed by atoms with Crippen molar-refractivity contribution in [3.05, 3.63) is 41.2 Å². The molecule has 3 nitrogen and oxygen atoms in total. The molecule has 1 aromatic rings. The first-order chi connectivity index (χ1) is 8.02. The molecule has 0 heterocycles. The Balaban J connectivity index is 2.91. The zero-order valence-electron chi connectivity index (χ0n) is 9.70. The Bertz CT molecular complexity index is 469. The number of hydrogen-bond acceptors (Lipinski definition) is 2. The summed E-state index contributed by atoms with van der Waals surface area (Å²) in [6, 6.07) is 7.37. The summed E-state index contributed by atoms with van der Waals surface area (Å²) >= 11 is 0. The topological polar surface area (TPSA) is 52.9 Å². The molecule has 1 N–H and O–H groups in total. The lowest BCUT2D eigenvalue weighted by Gasteiger charge is -2.06. The van der Waals surface area contributed by atoms with Crippen LogP contribution in [0.3, 0.4) is 0 Å². The van der Waals surface area contributed by atoms with Crippen LogP contribution >= 0.6 is 0 Å². The third-order valence-corrected chi connectivity index (χ3v) is 1.97. The second-order valence-corrected chi connectivity index (χ2v) is 3.85. The van der Waals surface area contributed by atoms with Gasteiger partial charge in [-0.1, -0.05) is 12.1 Å². The third-order valence-electron chi connectivity index (χ3n) is 1.97. The minimum atomic E-state index is -0.424. The van der Waals surface area contributed by atoms with Crippen LogP contribution in [0.15, 0.2) is 29.8 Å². The quantitative estimate of drug-likeness (QED) is 0.642. The van der Waals surface area contributed by atoms with Gasteiger partial charge in [0.2, 0.25) is 0 Å². The molecule has 0 aromatic heterocycles. The average molecular weight is 232 g/mol. The molecule has 4 heteroatoms. The van der Waals surface area contributed by atoms with Gasteiger partial charge in [0.05, 0.1) is 0 Å². The van der Waals surface area contributed by atoms with Crippen LogP contribution in [0, 0.1) is 17.1 Å². The van der Waals surface area contributed by atoms with Crippen molar-refractivity contribution in [3.8, 4) is 6.07 Å². The van der Waals surface area contributed by atoms with Gasteiger partial charge in [-0.3, -0.25) is 4.79 Å². The normalized spacial score (nSPS) is 11.1. The van der Waals surface area contributed by atoms with E-state index in [0.29, 0.717) is 5.56 Å². The molecule has 0 aliphatic heterocycles. The van der Waals surface area contributed by atoms with Gasteiger partial charge in [0.25, 0.3) is 5.91 Å². The molecular weight excluding hydrogens is 219 g/mol. The average Bonchev–Trinajstić information content (AvgIpc) is 2.27. The molecule has 0 aliphatic rings. The maximum atomic E-state index is 12.7. The van der Waals surface area contributed by atoms with Crippen molar-refractivity contribution in [1.29, 1.82) is 5.26 Å². The van der Waals surface area contributed by atoms with Gasteiger partial charge in [-0.05, 0) is 37.6 Å². The zero-order valence-corrected chi connectivity index (χ0v) is 9.70. The Labute approximate surface area is 99.6 Å². The Morgan fingerprint density at radius 1 is 1.41 bits per heavy atom. The molecule has 1 amide bonds. The van der Waals surface area contributed by atoms with Gasteiger partial charge >= 0.3 is 0 Å². The van der Waals surface area contributed by atoms with Crippen molar-refractivity contribution in [2.45, 2.75) is 19.9 Å². The summed E-state index contributed by atoms with van der Waals surface area (Å²) in [5.41, 5.74) is 0.618. The highest BCUT2D eigenvalue weighted by Gasteiger charge is 2.09. The zero-order chi connectivity index (χ0) is 12.8. The first kappa shape index (κ1) is 12.9. The van der Waals surface area contributed by atoms with E-state index in [1.54, 1.807) is 0 Å². The molecule has 0 saturated carbocycles. The number of carbonyl (C=O) groups excluding carboxylic acids is 1. The van der Waals surface area contributed by atoms with Crippen molar-refractivity contribution in [1.82, 2.24) is 5.32 Å². The van der Waals surface area contributed by atoms with E-state index in [1.165, 1.54) is 30.3 Å². The van der Waals surface area contributed by atoms with Crippen molar-refractivity contribution < 1.29 is 9.18 Å². The molecular formula is C13H13FN2O. The van der Waals surface area contributed by atoms with Gasteiger partial charge in [0.15, 0.2) is 0 Å². The van der Waals surface area contributed by atoms with E-state index in [0.717, 1.165) is 0 Å². The van der Waals surface area contributed by atoms with Crippen molar-refractivity contribution in [3.63, 3.8) is 0 Å². The number of carbonyl (C=O) groups is 1. The summed E-state index contributed by atoms with van der Waals surface area (Å²) in [5, 5.41) is 11.5. The molecule has 1 rings (SSSR count). The molecule has 0 radical (unpaired) electrons. The first-order valence-electron chi connectivity index (χ1n) is 5.21. The van der Waals surface area contributed by atoms with Crippen LogP contribution < -0.4 is 5.32 Å². The van der Waals surface area contributed by atoms with Gasteiger partial charge in [0, 0.05) is 6.04 Å². The SMILES string of the molecule is CC(C)NC(=O)C(C#N)=Cc1ccc(F)cc1. The Morgan fingerprint density at radius 2 is 2.00 bits per heavy atom. The lowest BCUT2D eigenvalue weighted by atomic mass is 10.1. The molecule has 0 spiro atoms. The number of amides is 1. The minimum absolute atomic E-state index is 0.00491. The lowest BCUT2D eigenvalue weighted by Crippen LogP contribution is -2.30. The van der Waals surface area contributed by atoms with Crippen LogP contribution in [0.2, 0.25) is 0 Å². The predicted molar refractivity (Wildman–Crippen MR) is 63.3 cm³/mol. The Kier molecular flexibility index (Phi) is 4.41. The van der Waals surface area contributed by atoms with Crippen molar-refractivity contribution in [2.75, 3.05) is 0 Å². The fourth-order valence-electron chi connectivity index (χ4n) is 1.21. The summed E-state index contributed by atoms with van der Waals surface area (Å²) in [6.45, 7) is 3.62. The second-order valence-electron chi connectivity index (χ2n) is 3.85. The van der Waals surface area contributed by atoms with E-state index in [-0.39, 0.29) is 17.4 Å². The van der Waals surface area contributed by atoms with E-state index >= 15 is 0 Å². The highest BCUT2D eigenvalue weighted by molar-refractivity contribution is 6.01. The molecule has 0 saturated heterocycles. The standard InChI is InChI=1S/C13H13FN2O/c1-9(2)16-13(17)11(8-15)7-10-3-5-12(14)6-4-10/h3-7,9H,1-2H3,(H,16,17). The van der Waals surface area contributed by atoms with E-state index in [9.17, 15) is 9.18 Å². The van der Waals surface area contributed by atoms with Gasteiger partial charge in [-0.2, -0.15) is 5.26 Å². The smallest absolute Gasteiger partial charge is 0.262 e. The number of hydrogen-bond donors (Lipinski definition) is 1. The monoisotopic (exact) mass is 232 g/mol. The second kappa shape index (κ2) is 5.80. The Morgan fingerprint density at radius 3 is 2.47 bits per heavy atom. The minimum Gasteiger partial charge on any atom is -0.349 e. The van der Waals surface area contributed by atoms with Gasteiger partial charge < -0.3 is 5.32 Å². The van der Waals surface area contributed by atoms with Crippen LogP contribution in [0.1, 0.15) is 19.4 Å². The number of nitrogens with one attached hydrogen (secondary N) is 1. The number of nitrogens with zero attached hydrogens (tertiary/aromatic N) is 1. The van der Waals surface area contributed by atoms with E-state index < -0.39 is 5.91 Å². The molecule has 88 valence electrons. The first-order valence-corrected chi connectivity index (χ1v) is 5.21. The van der Waals surface area contributed by atoms with Gasteiger partial charge in [0.1, 0.15) is 17.5 Å². The van der Waals surface area contributed by atoms with E-state index in [2.05, 4.69) is 5.32 Å². The lowest BCUT2D eigenvalue weighted by molar-refractivity contribution is -0.117. The molecule has 0 fully saturated rings. The van der Waals surface area contributed by atoms with E-state index in [1.807, 2.05) is 19.9 Å². The summed E-state index contributed by atoms with van der Waals surface area (Å²) in [7, 11) is 0. The third kappa shape index (κ3) is 4.07. The Hall–Kier alpha value is -2.15. The summed E-state index contributed by atoms with van der Waals surface area (Å²) < 4.78 is 12.7. The fraction of sp³-hybridized carbons (Fsp3) is 0.231. The highest BCUT2D eigenvalue weighted by atomic mass is 19.1. The number of halogens is 1. The summed E-state index contributed by atoms with van der Waals surface area (Å²) in [5.74, 6) is -0.779. The van der Waals surface area contributed by atoms with Crippen molar-refractivity contribution >= 4 is 12.0 Å². The molecule has 0 bridgehead atoms. The fourth-order valence-corrected chi connectivity index (χ4v) is 1.21. The predicted octanol–water partition coefficient (Wildman–Crippen LogP) is 2.26. The van der Waals surface area contributed by atoms with Gasteiger partial charge in [-0.15, -0.1) is 0 Å². The number of benzene rings is 1. The van der Waals surface area contributed by atoms with Crippen molar-refractivity contribution in [2.24, 2.45) is 0 Å². The highest BCUT2D eigenvalue weighted by Crippen LogP contribution is 2.08. The molecule has 17 heavy (non-hydrogen) atoms. The molecule has 1 aromatic carbocycles. The number of rotatable bonds is 3. The molecule has 0 unspecified atom stereocenters. The number of nitriles is 1. The largest absolute Gasteiger partial charge is 0.349 e. The van der Waals surface area contributed by atoms with Crippen LogP contribution in [0.25, 0.3) is 6.08 Å². The summed E-state index contributed by atoms with van der Waals surface area (Å²) in [6.07, 6.45) is 1.43. The van der Waals surface area contributed by atoms with Crippen LogP contribution in [-0.2, 0) is 4.79 Å². The molecule has 0 aliphatic carbocycles. The van der Waals surface area contributed by atoms with E-state index in [4.69, 9.17) is 5.26 Å². The maximum Gasteiger partial charge on any atom is 0.262 e. The van der Waals surface area contributed by atoms with Gasteiger partial charge in [-0.25, -0.2) is 4.39 Å². The van der Waals surface area contributed by atoms with Crippen LogP contribution in [-0.4, -0.2) is 11.9 Å².